The summed E-state index contributed by atoms with van der Waals surface area (Å²) < 4.78 is 6.97. The highest BCUT2D eigenvalue weighted by molar-refractivity contribution is 9.10. The summed E-state index contributed by atoms with van der Waals surface area (Å²) in [5, 5.41) is 6.50. The van der Waals surface area contributed by atoms with Crippen LogP contribution >= 0.6 is 28.1 Å². The van der Waals surface area contributed by atoms with Gasteiger partial charge in [0, 0.05) is 10.0 Å². The Kier molecular flexibility index (Phi) is 5.63. The van der Waals surface area contributed by atoms with E-state index in [2.05, 4.69) is 50.7 Å². The van der Waals surface area contributed by atoms with Gasteiger partial charge < -0.3 is 10.5 Å². The summed E-state index contributed by atoms with van der Waals surface area (Å²) in [6.45, 7) is 0.465. The quantitative estimate of drug-likeness (QED) is 0.370. The fourth-order valence-electron chi connectivity index (χ4n) is 2.49. The van der Waals surface area contributed by atoms with Crippen molar-refractivity contribution in [2.45, 2.75) is 6.61 Å². The molecule has 25 heavy (non-hydrogen) atoms. The second kappa shape index (κ2) is 8.09. The second-order valence-corrected chi connectivity index (χ2v) is 6.70. The van der Waals surface area contributed by atoms with Gasteiger partial charge in [0.15, 0.2) is 5.11 Å². The van der Waals surface area contributed by atoms with Crippen molar-refractivity contribution in [3.05, 3.63) is 76.3 Å². The largest absolute Gasteiger partial charge is 0.488 e. The van der Waals surface area contributed by atoms with Crippen LogP contribution in [0, 0.1) is 0 Å². The number of nitrogens with one attached hydrogen (secondary N) is 1. The number of benzene rings is 3. The van der Waals surface area contributed by atoms with Crippen LogP contribution in [-0.4, -0.2) is 11.3 Å². The molecule has 0 atom stereocenters. The first kappa shape index (κ1) is 17.4. The molecule has 6 heteroatoms. The van der Waals surface area contributed by atoms with Crippen LogP contribution in [0.15, 0.2) is 70.2 Å². The Morgan fingerprint density at radius 3 is 2.80 bits per heavy atom. The van der Waals surface area contributed by atoms with Crippen molar-refractivity contribution in [3.8, 4) is 5.75 Å². The van der Waals surface area contributed by atoms with Gasteiger partial charge in [-0.05, 0) is 46.8 Å². The number of hydrogen-bond donors (Lipinski definition) is 2. The molecule has 0 saturated heterocycles. The summed E-state index contributed by atoms with van der Waals surface area (Å²) in [6, 6.07) is 20.2. The Bertz CT molecular complexity index is 938. The second-order valence-electron chi connectivity index (χ2n) is 5.34. The minimum Gasteiger partial charge on any atom is -0.488 e. The Morgan fingerprint density at radius 2 is 1.96 bits per heavy atom. The van der Waals surface area contributed by atoms with Crippen molar-refractivity contribution in [3.63, 3.8) is 0 Å². The highest BCUT2D eigenvalue weighted by Crippen LogP contribution is 2.25. The molecule has 0 aromatic heterocycles. The standard InChI is InChI=1S/C19H16BrN3OS/c20-16-8-9-18(15(10-16)11-22-23-19(21)25)24-12-14-6-3-5-13-4-1-2-7-17(13)14/h1-11H,12H2,(H3,21,23,25). The van der Waals surface area contributed by atoms with Gasteiger partial charge in [-0.15, -0.1) is 0 Å². The molecule has 126 valence electrons. The fourth-order valence-corrected chi connectivity index (χ4v) is 2.92. The van der Waals surface area contributed by atoms with Gasteiger partial charge >= 0.3 is 0 Å². The van der Waals surface area contributed by atoms with Crippen LogP contribution < -0.4 is 15.9 Å². The van der Waals surface area contributed by atoms with E-state index in [0.717, 1.165) is 21.3 Å². The number of thiocarbonyl (C=S) groups is 1. The van der Waals surface area contributed by atoms with Crippen molar-refractivity contribution < 1.29 is 4.74 Å². The zero-order valence-corrected chi connectivity index (χ0v) is 15.7. The third-order valence-electron chi connectivity index (χ3n) is 3.61. The number of hydrazone groups is 1. The molecule has 3 aromatic carbocycles. The first-order valence-electron chi connectivity index (χ1n) is 7.61. The van der Waals surface area contributed by atoms with Gasteiger partial charge in [0.2, 0.25) is 0 Å². The van der Waals surface area contributed by atoms with Crippen molar-refractivity contribution in [1.82, 2.24) is 5.43 Å². The predicted octanol–water partition coefficient (Wildman–Crippen LogP) is 4.35. The third-order valence-corrected chi connectivity index (χ3v) is 4.20. The monoisotopic (exact) mass is 413 g/mol. The minimum absolute atomic E-state index is 0.115. The van der Waals surface area contributed by atoms with Crippen molar-refractivity contribution in [1.29, 1.82) is 0 Å². The Labute approximate surface area is 159 Å². The average Bonchev–Trinajstić information content (AvgIpc) is 2.61. The molecule has 0 fully saturated rings. The van der Waals surface area contributed by atoms with Gasteiger partial charge in [0.25, 0.3) is 0 Å². The van der Waals surface area contributed by atoms with Crippen LogP contribution in [0.2, 0.25) is 0 Å². The molecular weight excluding hydrogens is 398 g/mol. The van der Waals surface area contributed by atoms with Crippen molar-refractivity contribution in [2.24, 2.45) is 10.8 Å². The van der Waals surface area contributed by atoms with Crippen LogP contribution in [0.3, 0.4) is 0 Å². The van der Waals surface area contributed by atoms with E-state index >= 15 is 0 Å². The van der Waals surface area contributed by atoms with Crippen LogP contribution in [0.1, 0.15) is 11.1 Å². The number of nitrogens with zero attached hydrogens (tertiary/aromatic N) is 1. The van der Waals surface area contributed by atoms with E-state index in [1.165, 1.54) is 10.8 Å². The summed E-state index contributed by atoms with van der Waals surface area (Å²) in [4.78, 5) is 0. The van der Waals surface area contributed by atoms with Crippen LogP contribution in [0.4, 0.5) is 0 Å². The zero-order chi connectivity index (χ0) is 17.6. The predicted molar refractivity (Wildman–Crippen MR) is 110 cm³/mol. The molecule has 3 N–H and O–H groups in total. The lowest BCUT2D eigenvalue weighted by molar-refractivity contribution is 0.307. The smallest absolute Gasteiger partial charge is 0.184 e. The summed E-state index contributed by atoms with van der Waals surface area (Å²) in [7, 11) is 0. The maximum absolute atomic E-state index is 6.04. The Hall–Kier alpha value is -2.44. The summed E-state index contributed by atoms with van der Waals surface area (Å²) in [5.74, 6) is 0.727. The Balaban J connectivity index is 1.83. The van der Waals surface area contributed by atoms with Crippen molar-refractivity contribution in [2.75, 3.05) is 0 Å². The molecule has 3 rings (SSSR count). The minimum atomic E-state index is 0.115. The molecule has 4 nitrogen and oxygen atoms in total. The summed E-state index contributed by atoms with van der Waals surface area (Å²) in [5.41, 5.74) is 9.87. The molecule has 0 aliphatic carbocycles. The molecule has 0 radical (unpaired) electrons. The van der Waals surface area contributed by atoms with Gasteiger partial charge in [0.05, 0.1) is 6.21 Å². The lowest BCUT2D eigenvalue weighted by Crippen LogP contribution is -2.24. The number of fused-ring (bicyclic) bond motifs is 1. The van der Waals surface area contributed by atoms with E-state index in [1.54, 1.807) is 6.21 Å². The topological polar surface area (TPSA) is 59.6 Å². The van der Waals surface area contributed by atoms with Crippen LogP contribution in [0.25, 0.3) is 10.8 Å². The molecule has 0 aliphatic rings. The molecule has 0 saturated carbocycles. The number of rotatable bonds is 5. The lowest BCUT2D eigenvalue weighted by Gasteiger charge is -2.11. The Morgan fingerprint density at radius 1 is 1.16 bits per heavy atom. The molecule has 0 amide bonds. The molecule has 0 aliphatic heterocycles. The zero-order valence-electron chi connectivity index (χ0n) is 13.3. The summed E-state index contributed by atoms with van der Waals surface area (Å²) >= 11 is 8.20. The van der Waals surface area contributed by atoms with Gasteiger partial charge in [0.1, 0.15) is 12.4 Å². The molecule has 0 bridgehead atoms. The SMILES string of the molecule is NC(=S)NN=Cc1cc(Br)ccc1OCc1cccc2ccccc12. The molecular formula is C19H16BrN3OS. The van der Waals surface area contributed by atoms with E-state index < -0.39 is 0 Å². The van der Waals surface area contributed by atoms with Crippen molar-refractivity contribution >= 4 is 50.2 Å². The van der Waals surface area contributed by atoms with Gasteiger partial charge in [-0.1, -0.05) is 58.4 Å². The van der Waals surface area contributed by atoms with Gasteiger partial charge in [-0.2, -0.15) is 5.10 Å². The van der Waals surface area contributed by atoms with Gasteiger partial charge in [-0.3, -0.25) is 5.43 Å². The maximum Gasteiger partial charge on any atom is 0.184 e. The van der Waals surface area contributed by atoms with E-state index in [0.29, 0.717) is 6.61 Å². The average molecular weight is 414 g/mol. The first-order chi connectivity index (χ1) is 12.1. The highest BCUT2D eigenvalue weighted by atomic mass is 79.9. The number of hydrogen-bond acceptors (Lipinski definition) is 3. The number of halogens is 1. The summed E-state index contributed by atoms with van der Waals surface area (Å²) in [6.07, 6.45) is 1.63. The van der Waals surface area contributed by atoms with E-state index in [-0.39, 0.29) is 5.11 Å². The third kappa shape index (κ3) is 4.55. The molecule has 0 heterocycles. The number of ether oxygens (including phenoxy) is 1. The normalized spacial score (nSPS) is 10.9. The highest BCUT2D eigenvalue weighted by Gasteiger charge is 2.06. The fraction of sp³-hybridized carbons (Fsp3) is 0.0526. The van der Waals surface area contributed by atoms with E-state index in [4.69, 9.17) is 22.7 Å². The molecule has 3 aromatic rings. The maximum atomic E-state index is 6.04. The van der Waals surface area contributed by atoms with Crippen LogP contribution in [0.5, 0.6) is 5.75 Å². The molecule has 0 spiro atoms. The van der Waals surface area contributed by atoms with E-state index in [1.807, 2.05) is 36.4 Å². The lowest BCUT2D eigenvalue weighted by atomic mass is 10.1. The van der Waals surface area contributed by atoms with E-state index in [9.17, 15) is 0 Å². The van der Waals surface area contributed by atoms with Crippen LogP contribution in [-0.2, 0) is 6.61 Å². The van der Waals surface area contributed by atoms with Gasteiger partial charge in [-0.25, -0.2) is 0 Å². The first-order valence-corrected chi connectivity index (χ1v) is 8.81. The molecule has 0 unspecified atom stereocenters. The number of nitrogens with two attached hydrogens (primary N) is 1.